The molecule has 0 spiro atoms. The first-order chi connectivity index (χ1) is 7.42. The minimum absolute atomic E-state index is 0.400. The van der Waals surface area contributed by atoms with E-state index in [1.54, 1.807) is 0 Å². The number of fused-ring (bicyclic) bond motifs is 3. The van der Waals surface area contributed by atoms with Crippen molar-refractivity contribution in [1.29, 1.82) is 0 Å². The standard InChI is InChI=1S/C14H10Br/c15-9-14-12-7-3-1-5-10(12)11-6-2-4-8-13(11)14/h1-9,14H. The summed E-state index contributed by atoms with van der Waals surface area (Å²) >= 11 is 3.49. The number of hydrogen-bond donors (Lipinski definition) is 0. The highest BCUT2D eigenvalue weighted by molar-refractivity contribution is 9.10. The van der Waals surface area contributed by atoms with Crippen LogP contribution >= 0.6 is 15.9 Å². The molecule has 0 aliphatic heterocycles. The quantitative estimate of drug-likeness (QED) is 0.713. The predicted octanol–water partition coefficient (Wildman–Crippen LogP) is 4.36. The van der Waals surface area contributed by atoms with Crippen molar-refractivity contribution < 1.29 is 0 Å². The highest BCUT2D eigenvalue weighted by Gasteiger charge is 2.26. The Hall–Kier alpha value is -1.08. The molecule has 0 unspecified atom stereocenters. The molecule has 0 N–H and O–H groups in total. The Balaban J connectivity index is 2.31. The van der Waals surface area contributed by atoms with Crippen molar-refractivity contribution in [3.05, 3.63) is 65.0 Å². The van der Waals surface area contributed by atoms with Crippen LogP contribution in [-0.4, -0.2) is 0 Å². The number of halogens is 1. The lowest BCUT2D eigenvalue weighted by atomic mass is 10.00. The van der Waals surface area contributed by atoms with Crippen molar-refractivity contribution in [3.8, 4) is 11.1 Å². The summed E-state index contributed by atoms with van der Waals surface area (Å²) in [6.45, 7) is 0. The van der Waals surface area contributed by atoms with Crippen molar-refractivity contribution in [1.82, 2.24) is 0 Å². The van der Waals surface area contributed by atoms with Crippen LogP contribution in [0.5, 0.6) is 0 Å². The Labute approximate surface area is 98.1 Å². The van der Waals surface area contributed by atoms with E-state index in [1.807, 2.05) is 0 Å². The predicted molar refractivity (Wildman–Crippen MR) is 66.9 cm³/mol. The Kier molecular flexibility index (Phi) is 2.14. The van der Waals surface area contributed by atoms with E-state index in [0.29, 0.717) is 5.92 Å². The molecular weight excluding hydrogens is 248 g/mol. The molecule has 1 heteroatoms. The van der Waals surface area contributed by atoms with E-state index < -0.39 is 0 Å². The number of hydrogen-bond acceptors (Lipinski definition) is 0. The third kappa shape index (κ3) is 1.26. The summed E-state index contributed by atoms with van der Waals surface area (Å²) in [6.07, 6.45) is 0. The van der Waals surface area contributed by atoms with Gasteiger partial charge in [-0.25, -0.2) is 0 Å². The van der Waals surface area contributed by atoms with E-state index in [1.165, 1.54) is 22.3 Å². The lowest BCUT2D eigenvalue weighted by molar-refractivity contribution is 1.05. The lowest BCUT2D eigenvalue weighted by Gasteiger charge is -2.07. The van der Waals surface area contributed by atoms with E-state index in [2.05, 4.69) is 69.8 Å². The molecular formula is C14H10Br. The molecule has 0 bridgehead atoms. The third-order valence-electron chi connectivity index (χ3n) is 3.01. The lowest BCUT2D eigenvalue weighted by Crippen LogP contribution is -1.92. The van der Waals surface area contributed by atoms with Crippen molar-refractivity contribution >= 4 is 15.9 Å². The topological polar surface area (TPSA) is 0 Å². The molecule has 0 heterocycles. The molecule has 1 aliphatic carbocycles. The molecule has 0 fully saturated rings. The maximum atomic E-state index is 3.49. The zero-order valence-electron chi connectivity index (χ0n) is 8.15. The van der Waals surface area contributed by atoms with E-state index >= 15 is 0 Å². The highest BCUT2D eigenvalue weighted by atomic mass is 79.9. The molecule has 15 heavy (non-hydrogen) atoms. The minimum Gasteiger partial charge on any atom is -0.0868 e. The first kappa shape index (κ1) is 9.17. The van der Waals surface area contributed by atoms with Gasteiger partial charge in [0.15, 0.2) is 0 Å². The summed E-state index contributed by atoms with van der Waals surface area (Å²) in [4.78, 5) is 0. The summed E-state index contributed by atoms with van der Waals surface area (Å²) in [5.41, 5.74) is 5.54. The van der Waals surface area contributed by atoms with Gasteiger partial charge in [0.05, 0.1) is 0 Å². The van der Waals surface area contributed by atoms with Gasteiger partial charge in [0.1, 0.15) is 0 Å². The molecule has 0 nitrogen and oxygen atoms in total. The van der Waals surface area contributed by atoms with Gasteiger partial charge < -0.3 is 0 Å². The molecule has 1 aliphatic rings. The summed E-state index contributed by atoms with van der Waals surface area (Å²) < 4.78 is 0. The Morgan fingerprint density at radius 1 is 0.800 bits per heavy atom. The summed E-state index contributed by atoms with van der Waals surface area (Å²) in [5.74, 6) is 0.400. The van der Waals surface area contributed by atoms with Gasteiger partial charge in [-0.3, -0.25) is 0 Å². The Morgan fingerprint density at radius 2 is 1.27 bits per heavy atom. The molecule has 0 saturated carbocycles. The first-order valence-electron chi connectivity index (χ1n) is 5.03. The largest absolute Gasteiger partial charge is 0.0868 e. The second-order valence-electron chi connectivity index (χ2n) is 3.78. The molecule has 2 aromatic carbocycles. The van der Waals surface area contributed by atoms with Crippen LogP contribution in [0.3, 0.4) is 0 Å². The Morgan fingerprint density at radius 3 is 1.73 bits per heavy atom. The molecule has 2 aromatic rings. The van der Waals surface area contributed by atoms with Crippen LogP contribution in [0.15, 0.2) is 48.5 Å². The molecule has 0 saturated heterocycles. The number of rotatable bonds is 1. The fourth-order valence-corrected chi connectivity index (χ4v) is 2.90. The first-order valence-corrected chi connectivity index (χ1v) is 5.95. The maximum Gasteiger partial charge on any atom is 0.0389 e. The van der Waals surface area contributed by atoms with Gasteiger partial charge in [-0.05, 0) is 22.3 Å². The number of benzene rings is 2. The van der Waals surface area contributed by atoms with Crippen molar-refractivity contribution in [2.45, 2.75) is 5.92 Å². The fraction of sp³-hybridized carbons (Fsp3) is 0.0714. The summed E-state index contributed by atoms with van der Waals surface area (Å²) in [6, 6.07) is 17.2. The van der Waals surface area contributed by atoms with Gasteiger partial charge in [0.2, 0.25) is 0 Å². The molecule has 1 radical (unpaired) electrons. The molecule has 0 amide bonds. The van der Waals surface area contributed by atoms with Gasteiger partial charge in [-0.15, -0.1) is 0 Å². The second-order valence-corrected chi connectivity index (χ2v) is 4.31. The normalized spacial score (nSPS) is 13.7. The van der Waals surface area contributed by atoms with Gasteiger partial charge in [-0.2, -0.15) is 0 Å². The molecule has 73 valence electrons. The summed E-state index contributed by atoms with van der Waals surface area (Å²) in [5, 5.41) is 2.09. The van der Waals surface area contributed by atoms with Crippen LogP contribution in [0, 0.1) is 5.33 Å². The average molecular weight is 258 g/mol. The van der Waals surface area contributed by atoms with Crippen LogP contribution in [0.4, 0.5) is 0 Å². The van der Waals surface area contributed by atoms with E-state index in [9.17, 15) is 0 Å². The molecule has 0 aromatic heterocycles. The van der Waals surface area contributed by atoms with Crippen LogP contribution < -0.4 is 0 Å². The highest BCUT2D eigenvalue weighted by Crippen LogP contribution is 2.46. The van der Waals surface area contributed by atoms with Crippen LogP contribution in [0.2, 0.25) is 0 Å². The SMILES string of the molecule is Br[CH]C1c2ccccc2-c2ccccc21. The van der Waals surface area contributed by atoms with Crippen molar-refractivity contribution in [3.63, 3.8) is 0 Å². The monoisotopic (exact) mass is 257 g/mol. The molecule has 0 atom stereocenters. The van der Waals surface area contributed by atoms with Gasteiger partial charge in [0.25, 0.3) is 0 Å². The van der Waals surface area contributed by atoms with Gasteiger partial charge in [0, 0.05) is 11.2 Å². The zero-order valence-corrected chi connectivity index (χ0v) is 9.74. The average Bonchev–Trinajstić information content (AvgIpc) is 2.63. The third-order valence-corrected chi connectivity index (χ3v) is 3.54. The van der Waals surface area contributed by atoms with Crippen molar-refractivity contribution in [2.24, 2.45) is 0 Å². The van der Waals surface area contributed by atoms with Crippen LogP contribution in [0.25, 0.3) is 11.1 Å². The minimum atomic E-state index is 0.400. The smallest absolute Gasteiger partial charge is 0.0389 e. The fourth-order valence-electron chi connectivity index (χ4n) is 2.33. The van der Waals surface area contributed by atoms with Gasteiger partial charge in [-0.1, -0.05) is 64.5 Å². The van der Waals surface area contributed by atoms with E-state index in [0.717, 1.165) is 0 Å². The van der Waals surface area contributed by atoms with E-state index in [4.69, 9.17) is 0 Å². The zero-order chi connectivity index (χ0) is 10.3. The molecule has 3 rings (SSSR count). The van der Waals surface area contributed by atoms with Crippen LogP contribution in [-0.2, 0) is 0 Å². The van der Waals surface area contributed by atoms with Crippen LogP contribution in [0.1, 0.15) is 17.0 Å². The maximum absolute atomic E-state index is 3.49. The van der Waals surface area contributed by atoms with Gasteiger partial charge >= 0.3 is 0 Å². The van der Waals surface area contributed by atoms with Crippen molar-refractivity contribution in [2.75, 3.05) is 0 Å². The second kappa shape index (κ2) is 3.49. The Bertz CT molecular complexity index is 457. The summed E-state index contributed by atoms with van der Waals surface area (Å²) in [7, 11) is 0. The van der Waals surface area contributed by atoms with E-state index in [-0.39, 0.29) is 0 Å².